The topological polar surface area (TPSA) is 54.4 Å². The molecule has 0 unspecified atom stereocenters. The number of quaternary nitrogens is 1. The van der Waals surface area contributed by atoms with Crippen molar-refractivity contribution in [3.05, 3.63) is 29.8 Å². The molecular weight excluding hydrogens is 274 g/mol. The lowest BCUT2D eigenvalue weighted by molar-refractivity contribution is -0.896. The number of likely N-dealkylation sites (tertiary alicyclic amines) is 1. The molecule has 2 rings (SSSR count). The van der Waals surface area contributed by atoms with E-state index in [0.717, 1.165) is 11.5 Å². The van der Waals surface area contributed by atoms with Gasteiger partial charge in [-0.2, -0.15) is 8.42 Å². The first kappa shape index (κ1) is 17.1. The lowest BCUT2D eigenvalue weighted by Crippen LogP contribution is -2.45. The van der Waals surface area contributed by atoms with Gasteiger partial charge in [0, 0.05) is 0 Å². The summed E-state index contributed by atoms with van der Waals surface area (Å²) in [5, 5.41) is 0. The van der Waals surface area contributed by atoms with E-state index in [0.29, 0.717) is 0 Å². The van der Waals surface area contributed by atoms with E-state index >= 15 is 0 Å². The summed E-state index contributed by atoms with van der Waals surface area (Å²) >= 11 is 0. The Kier molecular flexibility index (Phi) is 5.74. The molecule has 1 fully saturated rings. The molecule has 1 aromatic carbocycles. The first-order chi connectivity index (χ1) is 9.10. The summed E-state index contributed by atoms with van der Waals surface area (Å²) in [6.07, 6.45) is 2.85. The Morgan fingerprint density at radius 2 is 1.55 bits per heavy atom. The molecule has 0 amide bonds. The van der Waals surface area contributed by atoms with E-state index in [9.17, 15) is 8.42 Å². The number of aryl methyl sites for hydroxylation is 1. The number of hydrogen-bond donors (Lipinski definition) is 1. The monoisotopic (exact) mass is 300 g/mol. The van der Waals surface area contributed by atoms with Gasteiger partial charge in [-0.15, -0.1) is 0 Å². The molecular formula is C15H26NO3S+. The van der Waals surface area contributed by atoms with Crippen LogP contribution in [0.4, 0.5) is 0 Å². The van der Waals surface area contributed by atoms with Gasteiger partial charge in [-0.1, -0.05) is 24.6 Å². The van der Waals surface area contributed by atoms with Gasteiger partial charge in [0.2, 0.25) is 0 Å². The highest BCUT2D eigenvalue weighted by atomic mass is 32.2. The molecule has 114 valence electrons. The molecule has 1 aliphatic heterocycles. The Morgan fingerprint density at radius 3 is 1.90 bits per heavy atom. The van der Waals surface area contributed by atoms with E-state index < -0.39 is 10.1 Å². The normalized spacial score (nSPS) is 19.1. The van der Waals surface area contributed by atoms with Crippen LogP contribution in [0.2, 0.25) is 0 Å². The van der Waals surface area contributed by atoms with Crippen LogP contribution in [0.15, 0.2) is 29.2 Å². The predicted octanol–water partition coefficient (Wildman–Crippen LogP) is 2.73. The van der Waals surface area contributed by atoms with Crippen LogP contribution in [-0.2, 0) is 10.1 Å². The van der Waals surface area contributed by atoms with Crippen molar-refractivity contribution in [2.24, 2.45) is 5.92 Å². The minimum Gasteiger partial charge on any atom is -0.328 e. The Morgan fingerprint density at radius 1 is 1.10 bits per heavy atom. The van der Waals surface area contributed by atoms with E-state index in [1.807, 2.05) is 6.92 Å². The van der Waals surface area contributed by atoms with Crippen LogP contribution in [0.5, 0.6) is 0 Å². The summed E-state index contributed by atoms with van der Waals surface area (Å²) < 4.78 is 30.8. The highest BCUT2D eigenvalue weighted by Crippen LogP contribution is 2.18. The maximum absolute atomic E-state index is 10.5. The minimum absolute atomic E-state index is 0.0666. The van der Waals surface area contributed by atoms with Crippen LogP contribution in [0.25, 0.3) is 0 Å². The molecule has 0 aromatic heterocycles. The lowest BCUT2D eigenvalue weighted by atomic mass is 9.98. The maximum atomic E-state index is 10.5. The quantitative estimate of drug-likeness (QED) is 0.641. The SMILES string of the molecule is CC1CC[N+](C)(C)CC1.Cc1ccc(S(=O)(=O)O)cc1. The summed E-state index contributed by atoms with van der Waals surface area (Å²) in [4.78, 5) is -0.0666. The van der Waals surface area contributed by atoms with Crippen LogP contribution in [-0.4, -0.2) is 44.6 Å². The van der Waals surface area contributed by atoms with Crippen molar-refractivity contribution in [1.82, 2.24) is 0 Å². The number of benzene rings is 1. The lowest BCUT2D eigenvalue weighted by Gasteiger charge is -2.35. The molecule has 4 nitrogen and oxygen atoms in total. The number of nitrogens with zero attached hydrogens (tertiary/aromatic N) is 1. The molecule has 0 atom stereocenters. The highest BCUT2D eigenvalue weighted by molar-refractivity contribution is 7.85. The molecule has 0 aliphatic carbocycles. The van der Waals surface area contributed by atoms with E-state index in [-0.39, 0.29) is 4.90 Å². The molecule has 0 bridgehead atoms. The van der Waals surface area contributed by atoms with Crippen molar-refractivity contribution in [2.75, 3.05) is 27.2 Å². The first-order valence-electron chi connectivity index (χ1n) is 6.96. The van der Waals surface area contributed by atoms with Gasteiger partial charge in [0.15, 0.2) is 0 Å². The predicted molar refractivity (Wildman–Crippen MR) is 81.2 cm³/mol. The van der Waals surface area contributed by atoms with E-state index in [2.05, 4.69) is 21.0 Å². The smallest absolute Gasteiger partial charge is 0.294 e. The standard InChI is InChI=1S/C8H18N.C7H8O3S/c1-8-4-6-9(2,3)7-5-8;1-6-2-4-7(5-3-6)11(8,9)10/h8H,4-7H2,1-3H3;2-5H,1H3,(H,8,9,10)/q+1;. The first-order valence-corrected chi connectivity index (χ1v) is 8.40. The zero-order valence-electron chi connectivity index (χ0n) is 12.8. The molecule has 1 saturated heterocycles. The number of rotatable bonds is 1. The fraction of sp³-hybridized carbons (Fsp3) is 0.600. The maximum Gasteiger partial charge on any atom is 0.294 e. The van der Waals surface area contributed by atoms with Gasteiger partial charge >= 0.3 is 0 Å². The summed E-state index contributed by atoms with van der Waals surface area (Å²) in [6.45, 7) is 6.95. The van der Waals surface area contributed by atoms with Gasteiger partial charge < -0.3 is 4.48 Å². The Hall–Kier alpha value is -0.910. The van der Waals surface area contributed by atoms with Crippen molar-refractivity contribution < 1.29 is 17.5 Å². The van der Waals surface area contributed by atoms with E-state index in [4.69, 9.17) is 4.55 Å². The molecule has 0 saturated carbocycles. The van der Waals surface area contributed by atoms with Gasteiger partial charge in [0.05, 0.1) is 32.1 Å². The molecule has 1 aliphatic rings. The van der Waals surface area contributed by atoms with Crippen molar-refractivity contribution in [1.29, 1.82) is 0 Å². The van der Waals surface area contributed by atoms with Gasteiger partial charge in [-0.05, 0) is 37.8 Å². The Labute approximate surface area is 122 Å². The van der Waals surface area contributed by atoms with Crippen LogP contribution in [0.1, 0.15) is 25.3 Å². The second-order valence-corrected chi connectivity index (χ2v) is 7.78. The summed E-state index contributed by atoms with van der Waals surface area (Å²) in [6, 6.07) is 5.99. The fourth-order valence-electron chi connectivity index (χ4n) is 2.11. The van der Waals surface area contributed by atoms with E-state index in [1.54, 1.807) is 12.1 Å². The average molecular weight is 300 g/mol. The third kappa shape index (κ3) is 6.03. The number of piperidine rings is 1. The third-order valence-electron chi connectivity index (χ3n) is 3.77. The molecule has 1 aromatic rings. The number of hydrogen-bond acceptors (Lipinski definition) is 2. The zero-order chi connectivity index (χ0) is 15.4. The second kappa shape index (κ2) is 6.70. The van der Waals surface area contributed by atoms with Gasteiger partial charge in [0.25, 0.3) is 10.1 Å². The third-order valence-corrected chi connectivity index (χ3v) is 4.64. The van der Waals surface area contributed by atoms with Crippen LogP contribution < -0.4 is 0 Å². The van der Waals surface area contributed by atoms with Crippen molar-refractivity contribution in [3.63, 3.8) is 0 Å². The Bertz CT molecular complexity index is 511. The minimum atomic E-state index is -4.02. The van der Waals surface area contributed by atoms with Crippen LogP contribution in [0.3, 0.4) is 0 Å². The largest absolute Gasteiger partial charge is 0.328 e. The molecule has 1 N–H and O–H groups in total. The summed E-state index contributed by atoms with van der Waals surface area (Å²) in [5.74, 6) is 0.983. The van der Waals surface area contributed by atoms with Gasteiger partial charge in [-0.3, -0.25) is 4.55 Å². The Balaban J connectivity index is 0.000000204. The summed E-state index contributed by atoms with van der Waals surface area (Å²) in [7, 11) is 0.631. The van der Waals surface area contributed by atoms with Crippen LogP contribution >= 0.6 is 0 Å². The molecule has 0 radical (unpaired) electrons. The molecule has 20 heavy (non-hydrogen) atoms. The van der Waals surface area contributed by atoms with Gasteiger partial charge in [0.1, 0.15) is 0 Å². The van der Waals surface area contributed by atoms with Gasteiger partial charge in [-0.25, -0.2) is 0 Å². The molecule has 0 spiro atoms. The van der Waals surface area contributed by atoms with E-state index in [1.165, 1.54) is 42.5 Å². The molecule has 1 heterocycles. The van der Waals surface area contributed by atoms with Crippen LogP contribution in [0, 0.1) is 12.8 Å². The summed E-state index contributed by atoms with van der Waals surface area (Å²) in [5.41, 5.74) is 0.956. The zero-order valence-corrected chi connectivity index (χ0v) is 13.7. The molecule has 5 heteroatoms. The fourth-order valence-corrected chi connectivity index (χ4v) is 2.59. The average Bonchev–Trinajstić information content (AvgIpc) is 2.33. The van der Waals surface area contributed by atoms with Crippen molar-refractivity contribution in [3.8, 4) is 0 Å². The second-order valence-electron chi connectivity index (χ2n) is 6.35. The van der Waals surface area contributed by atoms with Crippen molar-refractivity contribution >= 4 is 10.1 Å². The van der Waals surface area contributed by atoms with Crippen molar-refractivity contribution in [2.45, 2.75) is 31.6 Å². The highest BCUT2D eigenvalue weighted by Gasteiger charge is 2.22.